The number of amides is 2. The van der Waals surface area contributed by atoms with Gasteiger partial charge in [-0.2, -0.15) is 0 Å². The maximum atomic E-state index is 12.8. The van der Waals surface area contributed by atoms with E-state index in [1.807, 2.05) is 30.1 Å². The van der Waals surface area contributed by atoms with Crippen molar-refractivity contribution in [1.29, 1.82) is 0 Å². The monoisotopic (exact) mass is 562 g/mol. The number of benzene rings is 1. The molecule has 2 amide bonds. The number of hydrogen-bond acceptors (Lipinski definition) is 11. The standard InChI is InChI=1S/C25H30N4O11/c1-11-4-2-3-5-12(11)9-27-22(36)15-8-14(31)18(34)24(38-15)40-20(21(26)35)19-13(10-30)17(33)23(39-19)29-7-6-16(32)28-25(29)37/h2-8,13-14,17-20,23-24,30-31,33-34H,9-10H2,1H3,(H2,26,35)(H,27,36)(H,28,32,37)/t13-,14-,17+,18-,19-,20+,23+,24+/m0/s1. The first-order valence-electron chi connectivity index (χ1n) is 12.3. The van der Waals surface area contributed by atoms with Crippen LogP contribution in [0.25, 0.3) is 0 Å². The van der Waals surface area contributed by atoms with Gasteiger partial charge in [0.25, 0.3) is 11.5 Å². The Labute approximate surface area is 226 Å². The largest absolute Gasteiger partial charge is 0.456 e. The van der Waals surface area contributed by atoms with Crippen LogP contribution in [0.1, 0.15) is 17.4 Å². The lowest BCUT2D eigenvalue weighted by Gasteiger charge is -2.35. The highest BCUT2D eigenvalue weighted by Crippen LogP contribution is 2.36. The third-order valence-electron chi connectivity index (χ3n) is 6.76. The first-order chi connectivity index (χ1) is 19.0. The lowest BCUT2D eigenvalue weighted by Crippen LogP contribution is -2.53. The second-order valence-corrected chi connectivity index (χ2v) is 9.41. The molecule has 2 aromatic rings. The lowest BCUT2D eigenvalue weighted by atomic mass is 9.94. The number of nitrogens with two attached hydrogens (primary N) is 1. The third kappa shape index (κ3) is 5.99. The van der Waals surface area contributed by atoms with E-state index in [-0.39, 0.29) is 6.54 Å². The minimum absolute atomic E-state index is 0.137. The van der Waals surface area contributed by atoms with Crippen molar-refractivity contribution in [2.45, 2.75) is 56.5 Å². The molecular weight excluding hydrogens is 532 g/mol. The highest BCUT2D eigenvalue weighted by molar-refractivity contribution is 5.91. The van der Waals surface area contributed by atoms with Gasteiger partial charge in [-0.25, -0.2) is 4.79 Å². The first-order valence-corrected chi connectivity index (χ1v) is 12.3. The minimum atomic E-state index is -1.80. The van der Waals surface area contributed by atoms with Gasteiger partial charge in [0.1, 0.15) is 24.4 Å². The smallest absolute Gasteiger partial charge is 0.330 e. The number of aromatic nitrogens is 2. The summed E-state index contributed by atoms with van der Waals surface area (Å²) in [7, 11) is 0. The van der Waals surface area contributed by atoms with Crippen molar-refractivity contribution < 1.29 is 44.2 Å². The maximum Gasteiger partial charge on any atom is 0.330 e. The fraction of sp³-hybridized carbons (Fsp3) is 0.440. The van der Waals surface area contributed by atoms with Gasteiger partial charge < -0.3 is 45.7 Å². The van der Waals surface area contributed by atoms with Crippen molar-refractivity contribution in [2.75, 3.05) is 6.61 Å². The number of carbonyl (C=O) groups excluding carboxylic acids is 2. The molecule has 15 heteroatoms. The highest BCUT2D eigenvalue weighted by Gasteiger charge is 2.51. The Hall–Kier alpha value is -3.86. The predicted molar refractivity (Wildman–Crippen MR) is 134 cm³/mol. The van der Waals surface area contributed by atoms with Gasteiger partial charge in [-0.15, -0.1) is 0 Å². The van der Waals surface area contributed by atoms with Crippen LogP contribution in [0.4, 0.5) is 0 Å². The summed E-state index contributed by atoms with van der Waals surface area (Å²) in [6, 6.07) is 8.34. The van der Waals surface area contributed by atoms with Gasteiger partial charge in [0.15, 0.2) is 18.1 Å². The van der Waals surface area contributed by atoms with E-state index in [1.54, 1.807) is 6.07 Å². The number of rotatable bonds is 9. The number of H-pyrrole nitrogens is 1. The number of aliphatic hydroxyl groups excluding tert-OH is 4. The summed E-state index contributed by atoms with van der Waals surface area (Å²) in [5, 5.41) is 44.1. The molecule has 216 valence electrons. The van der Waals surface area contributed by atoms with E-state index >= 15 is 0 Å². The number of aliphatic hydroxyl groups is 4. The van der Waals surface area contributed by atoms with Crippen molar-refractivity contribution in [3.05, 3.63) is 80.3 Å². The number of aromatic amines is 1. The van der Waals surface area contributed by atoms with Crippen LogP contribution >= 0.6 is 0 Å². The van der Waals surface area contributed by atoms with E-state index in [0.717, 1.165) is 34.0 Å². The molecular formula is C25H30N4O11. The van der Waals surface area contributed by atoms with Crippen molar-refractivity contribution in [2.24, 2.45) is 11.7 Å². The van der Waals surface area contributed by atoms with Gasteiger partial charge in [-0.3, -0.25) is 23.9 Å². The zero-order valence-corrected chi connectivity index (χ0v) is 21.2. The van der Waals surface area contributed by atoms with Gasteiger partial charge in [0.05, 0.1) is 6.61 Å². The Morgan fingerprint density at radius 3 is 2.55 bits per heavy atom. The maximum absolute atomic E-state index is 12.8. The number of aryl methyl sites for hydroxylation is 1. The zero-order chi connectivity index (χ0) is 29.1. The van der Waals surface area contributed by atoms with E-state index in [9.17, 15) is 39.6 Å². The quantitative estimate of drug-likeness (QED) is 0.161. The average Bonchev–Trinajstić information content (AvgIpc) is 3.23. The Kier molecular flexibility index (Phi) is 8.82. The number of hydrogen-bond donors (Lipinski definition) is 7. The molecule has 2 aliphatic heterocycles. The molecule has 40 heavy (non-hydrogen) atoms. The van der Waals surface area contributed by atoms with Crippen LogP contribution < -0.4 is 22.3 Å². The van der Waals surface area contributed by atoms with E-state index < -0.39 is 84.4 Å². The van der Waals surface area contributed by atoms with E-state index in [2.05, 4.69) is 5.32 Å². The zero-order valence-electron chi connectivity index (χ0n) is 21.2. The number of nitrogens with zero attached hydrogens (tertiary/aromatic N) is 1. The first kappa shape index (κ1) is 29.1. The normalized spacial score (nSPS) is 28.8. The Bertz CT molecular complexity index is 1390. The molecule has 1 aromatic carbocycles. The summed E-state index contributed by atoms with van der Waals surface area (Å²) in [5.41, 5.74) is 5.65. The van der Waals surface area contributed by atoms with Gasteiger partial charge in [0, 0.05) is 24.7 Å². The average molecular weight is 563 g/mol. The van der Waals surface area contributed by atoms with Crippen LogP contribution in [-0.4, -0.2) is 85.2 Å². The summed E-state index contributed by atoms with van der Waals surface area (Å²) in [6.07, 6.45) is -9.46. The third-order valence-corrected chi connectivity index (χ3v) is 6.76. The molecule has 0 spiro atoms. The van der Waals surface area contributed by atoms with E-state index in [4.69, 9.17) is 19.9 Å². The molecule has 4 rings (SSSR count). The molecule has 0 bridgehead atoms. The molecule has 2 aliphatic rings. The number of nitrogens with one attached hydrogen (secondary N) is 2. The molecule has 1 saturated heterocycles. The van der Waals surface area contributed by atoms with Gasteiger partial charge in [-0.1, -0.05) is 24.3 Å². The summed E-state index contributed by atoms with van der Waals surface area (Å²) in [4.78, 5) is 50.8. The SMILES string of the molecule is Cc1ccccc1CNC(=O)C1=C[C@H](O)[C@H](O)[C@@H](O[C@@H](C(N)=O)[C@H]2O[C@@H](n3ccc(=O)[nH]c3=O)[C@H](O)[C@@H]2CO)O1. The molecule has 1 fully saturated rings. The molecule has 8 atom stereocenters. The molecule has 3 heterocycles. The fourth-order valence-electron chi connectivity index (χ4n) is 4.52. The Morgan fingerprint density at radius 1 is 1.18 bits per heavy atom. The van der Waals surface area contributed by atoms with Gasteiger partial charge >= 0.3 is 5.69 Å². The molecule has 0 aliphatic carbocycles. The molecule has 15 nitrogen and oxygen atoms in total. The van der Waals surface area contributed by atoms with E-state index in [0.29, 0.717) is 0 Å². The number of primary amides is 1. The van der Waals surface area contributed by atoms with Crippen LogP contribution in [0.5, 0.6) is 0 Å². The second-order valence-electron chi connectivity index (χ2n) is 9.41. The number of ether oxygens (including phenoxy) is 3. The van der Waals surface area contributed by atoms with Crippen LogP contribution in [0.3, 0.4) is 0 Å². The topological polar surface area (TPSA) is 236 Å². The predicted octanol–water partition coefficient (Wildman–Crippen LogP) is -3.14. The highest BCUT2D eigenvalue weighted by atomic mass is 16.7. The number of carbonyl (C=O) groups is 2. The fourth-order valence-corrected chi connectivity index (χ4v) is 4.52. The molecule has 1 aromatic heterocycles. The van der Waals surface area contributed by atoms with Crippen molar-refractivity contribution in [3.63, 3.8) is 0 Å². The summed E-state index contributed by atoms with van der Waals surface area (Å²) in [6.45, 7) is 1.26. The minimum Gasteiger partial charge on any atom is -0.456 e. The Morgan fingerprint density at radius 2 is 1.90 bits per heavy atom. The van der Waals surface area contributed by atoms with E-state index in [1.165, 1.54) is 0 Å². The van der Waals surface area contributed by atoms with Crippen molar-refractivity contribution in [1.82, 2.24) is 14.9 Å². The van der Waals surface area contributed by atoms with Gasteiger partial charge in [0.2, 0.25) is 12.2 Å². The molecule has 0 unspecified atom stereocenters. The second kappa shape index (κ2) is 12.1. The van der Waals surface area contributed by atoms with Crippen LogP contribution in [0.15, 0.2) is 58.0 Å². The Balaban J connectivity index is 1.51. The van der Waals surface area contributed by atoms with Crippen molar-refractivity contribution >= 4 is 11.8 Å². The lowest BCUT2D eigenvalue weighted by molar-refractivity contribution is -0.239. The summed E-state index contributed by atoms with van der Waals surface area (Å²) in [5.74, 6) is -3.52. The van der Waals surface area contributed by atoms with Crippen LogP contribution in [0, 0.1) is 12.8 Å². The summed E-state index contributed by atoms with van der Waals surface area (Å²) >= 11 is 0. The van der Waals surface area contributed by atoms with Crippen LogP contribution in [-0.2, 0) is 30.3 Å². The molecule has 0 radical (unpaired) electrons. The summed E-state index contributed by atoms with van der Waals surface area (Å²) < 4.78 is 17.6. The van der Waals surface area contributed by atoms with Crippen molar-refractivity contribution in [3.8, 4) is 0 Å². The molecule has 0 saturated carbocycles. The van der Waals surface area contributed by atoms with Crippen LogP contribution in [0.2, 0.25) is 0 Å². The van der Waals surface area contributed by atoms with Gasteiger partial charge in [-0.05, 0) is 24.1 Å². The molecule has 8 N–H and O–H groups in total.